The number of fused-ring (bicyclic) bond motifs is 1. The first kappa shape index (κ1) is 18.5. The summed E-state index contributed by atoms with van der Waals surface area (Å²) in [5, 5.41) is 13.2. The van der Waals surface area contributed by atoms with Crippen LogP contribution < -0.4 is 10.1 Å². The molecule has 0 spiro atoms. The highest BCUT2D eigenvalue weighted by molar-refractivity contribution is 7.16. The number of anilines is 1. The van der Waals surface area contributed by atoms with E-state index < -0.39 is 0 Å². The lowest BCUT2D eigenvalue weighted by molar-refractivity contribution is 0.102. The second kappa shape index (κ2) is 8.37. The molecular formula is C21H24N2O2S. The van der Waals surface area contributed by atoms with E-state index in [-0.39, 0.29) is 5.91 Å². The molecule has 26 heavy (non-hydrogen) atoms. The molecule has 4 nitrogen and oxygen atoms in total. The molecule has 136 valence electrons. The third-order valence-corrected chi connectivity index (χ3v) is 5.94. The molecule has 0 saturated carbocycles. The lowest BCUT2D eigenvalue weighted by Gasteiger charge is -2.17. The van der Waals surface area contributed by atoms with Crippen LogP contribution in [-0.4, -0.2) is 12.5 Å². The normalized spacial score (nSPS) is 15.8. The number of nitrogens with one attached hydrogen (secondary N) is 1. The fraction of sp³-hybridized carbons (Fsp3) is 0.429. The summed E-state index contributed by atoms with van der Waals surface area (Å²) in [6.07, 6.45) is 5.17. The predicted octanol–water partition coefficient (Wildman–Crippen LogP) is 5.18. The molecule has 1 heterocycles. The van der Waals surface area contributed by atoms with Crippen LogP contribution in [0.25, 0.3) is 0 Å². The molecular weight excluding hydrogens is 344 g/mol. The summed E-state index contributed by atoms with van der Waals surface area (Å²) in [5.41, 5.74) is 2.34. The second-order valence-electron chi connectivity index (χ2n) is 6.85. The van der Waals surface area contributed by atoms with Crippen LogP contribution in [0.3, 0.4) is 0 Å². The lowest BCUT2D eigenvalue weighted by Crippen LogP contribution is -2.12. The van der Waals surface area contributed by atoms with Gasteiger partial charge in [0.25, 0.3) is 5.91 Å². The van der Waals surface area contributed by atoms with Gasteiger partial charge in [-0.15, -0.1) is 11.3 Å². The van der Waals surface area contributed by atoms with Crippen LogP contribution in [0.15, 0.2) is 24.3 Å². The number of unbranched alkanes of at least 4 members (excludes halogenated alkanes) is 1. The topological polar surface area (TPSA) is 62.1 Å². The Bertz CT molecular complexity index is 818. The Morgan fingerprint density at radius 3 is 2.85 bits per heavy atom. The molecule has 1 aromatic carbocycles. The van der Waals surface area contributed by atoms with Gasteiger partial charge in [-0.2, -0.15) is 5.26 Å². The van der Waals surface area contributed by atoms with Gasteiger partial charge in [0.15, 0.2) is 0 Å². The fourth-order valence-electron chi connectivity index (χ4n) is 3.18. The molecule has 1 aliphatic rings. The number of nitriles is 1. The molecule has 3 rings (SSSR count). The van der Waals surface area contributed by atoms with E-state index in [0.29, 0.717) is 28.7 Å². The zero-order valence-electron chi connectivity index (χ0n) is 15.3. The number of hydrogen-bond donors (Lipinski definition) is 1. The van der Waals surface area contributed by atoms with Crippen LogP contribution in [-0.2, 0) is 12.8 Å². The Morgan fingerprint density at radius 2 is 2.15 bits per heavy atom. The van der Waals surface area contributed by atoms with Crippen molar-refractivity contribution in [3.8, 4) is 11.8 Å². The lowest BCUT2D eigenvalue weighted by atomic mass is 9.88. The number of thiophene rings is 1. The van der Waals surface area contributed by atoms with Crippen molar-refractivity contribution in [2.45, 2.75) is 46.0 Å². The van der Waals surface area contributed by atoms with Crippen molar-refractivity contribution < 1.29 is 9.53 Å². The van der Waals surface area contributed by atoms with E-state index in [1.807, 2.05) is 12.1 Å². The second-order valence-corrected chi connectivity index (χ2v) is 7.95. The standard InChI is InChI=1S/C21H24N2O2S/c1-3-4-11-25-16-8-6-15(7-9-16)20(24)23-21-18(13-22)17-12-14(2)5-10-19(17)26-21/h6-9,14H,3-5,10-12H2,1-2H3,(H,23,24)/t14-/m0/s1. The number of nitrogens with zero attached hydrogens (tertiary/aromatic N) is 1. The summed E-state index contributed by atoms with van der Waals surface area (Å²) in [7, 11) is 0. The number of rotatable bonds is 6. The molecule has 0 radical (unpaired) electrons. The Morgan fingerprint density at radius 1 is 1.38 bits per heavy atom. The molecule has 2 aromatic rings. The van der Waals surface area contributed by atoms with E-state index in [1.54, 1.807) is 23.5 Å². The van der Waals surface area contributed by atoms with Gasteiger partial charge in [-0.1, -0.05) is 20.3 Å². The molecule has 0 unspecified atom stereocenters. The third-order valence-electron chi connectivity index (χ3n) is 4.73. The summed E-state index contributed by atoms with van der Waals surface area (Å²) in [6.45, 7) is 5.02. The van der Waals surface area contributed by atoms with Crippen molar-refractivity contribution in [1.82, 2.24) is 0 Å². The van der Waals surface area contributed by atoms with E-state index >= 15 is 0 Å². The van der Waals surface area contributed by atoms with Crippen molar-refractivity contribution in [2.75, 3.05) is 11.9 Å². The van der Waals surface area contributed by atoms with Gasteiger partial charge in [-0.05, 0) is 61.4 Å². The molecule has 0 aliphatic heterocycles. The van der Waals surface area contributed by atoms with E-state index in [4.69, 9.17) is 4.74 Å². The largest absolute Gasteiger partial charge is 0.494 e. The maximum Gasteiger partial charge on any atom is 0.256 e. The molecule has 1 N–H and O–H groups in total. The van der Waals surface area contributed by atoms with Crippen molar-refractivity contribution in [2.24, 2.45) is 5.92 Å². The average molecular weight is 369 g/mol. The number of hydrogen-bond acceptors (Lipinski definition) is 4. The first-order valence-corrected chi connectivity index (χ1v) is 10.0. The van der Waals surface area contributed by atoms with Gasteiger partial charge in [0.2, 0.25) is 0 Å². The molecule has 1 amide bonds. The highest BCUT2D eigenvalue weighted by Gasteiger charge is 2.24. The van der Waals surface area contributed by atoms with E-state index in [0.717, 1.165) is 43.4 Å². The number of amides is 1. The maximum absolute atomic E-state index is 12.6. The van der Waals surface area contributed by atoms with Gasteiger partial charge in [0, 0.05) is 10.4 Å². The predicted molar refractivity (Wildman–Crippen MR) is 105 cm³/mol. The Balaban J connectivity index is 1.71. The third kappa shape index (κ3) is 4.08. The van der Waals surface area contributed by atoms with Gasteiger partial charge in [0.05, 0.1) is 12.2 Å². The first-order chi connectivity index (χ1) is 12.6. The highest BCUT2D eigenvalue weighted by Crippen LogP contribution is 2.39. The van der Waals surface area contributed by atoms with Crippen molar-refractivity contribution in [3.05, 3.63) is 45.8 Å². The summed E-state index contributed by atoms with van der Waals surface area (Å²) in [5.74, 6) is 1.18. The van der Waals surface area contributed by atoms with Gasteiger partial charge in [0.1, 0.15) is 16.8 Å². The number of benzene rings is 1. The number of carbonyl (C=O) groups is 1. The molecule has 1 aromatic heterocycles. The average Bonchev–Trinajstić information content (AvgIpc) is 2.98. The van der Waals surface area contributed by atoms with Crippen LogP contribution in [0.1, 0.15) is 59.5 Å². The minimum absolute atomic E-state index is 0.187. The minimum atomic E-state index is -0.187. The van der Waals surface area contributed by atoms with Crippen molar-refractivity contribution in [1.29, 1.82) is 5.26 Å². The number of aryl methyl sites for hydroxylation is 1. The maximum atomic E-state index is 12.6. The van der Waals surface area contributed by atoms with Crippen LogP contribution in [0.5, 0.6) is 5.75 Å². The first-order valence-electron chi connectivity index (χ1n) is 9.21. The Hall–Kier alpha value is -2.32. The van der Waals surface area contributed by atoms with Gasteiger partial charge < -0.3 is 10.1 Å². The minimum Gasteiger partial charge on any atom is -0.494 e. The zero-order valence-corrected chi connectivity index (χ0v) is 16.1. The SMILES string of the molecule is CCCCOc1ccc(C(=O)Nc2sc3c(c2C#N)C[C@@H](C)CC3)cc1. The van der Waals surface area contributed by atoms with Gasteiger partial charge >= 0.3 is 0 Å². The zero-order chi connectivity index (χ0) is 18.5. The fourth-order valence-corrected chi connectivity index (χ4v) is 4.37. The van der Waals surface area contributed by atoms with E-state index in [9.17, 15) is 10.1 Å². The number of carbonyl (C=O) groups excluding carboxylic acids is 1. The summed E-state index contributed by atoms with van der Waals surface area (Å²) < 4.78 is 5.63. The van der Waals surface area contributed by atoms with Crippen LogP contribution in [0.4, 0.5) is 5.00 Å². The van der Waals surface area contributed by atoms with Gasteiger partial charge in [-0.3, -0.25) is 4.79 Å². The molecule has 0 saturated heterocycles. The molecule has 0 fully saturated rings. The van der Waals surface area contributed by atoms with E-state index in [1.165, 1.54) is 4.88 Å². The molecule has 1 aliphatic carbocycles. The molecule has 0 bridgehead atoms. The van der Waals surface area contributed by atoms with E-state index in [2.05, 4.69) is 25.2 Å². The van der Waals surface area contributed by atoms with Crippen LogP contribution >= 0.6 is 11.3 Å². The monoisotopic (exact) mass is 368 g/mol. The van der Waals surface area contributed by atoms with Crippen LogP contribution in [0.2, 0.25) is 0 Å². The number of ether oxygens (including phenoxy) is 1. The van der Waals surface area contributed by atoms with Gasteiger partial charge in [-0.25, -0.2) is 0 Å². The molecule has 5 heteroatoms. The summed E-state index contributed by atoms with van der Waals surface area (Å²) in [4.78, 5) is 13.8. The summed E-state index contributed by atoms with van der Waals surface area (Å²) in [6, 6.07) is 9.45. The highest BCUT2D eigenvalue weighted by atomic mass is 32.1. The van der Waals surface area contributed by atoms with Crippen molar-refractivity contribution >= 4 is 22.2 Å². The Kier molecular flexibility index (Phi) is 5.95. The molecule has 1 atom stereocenters. The summed E-state index contributed by atoms with van der Waals surface area (Å²) >= 11 is 1.55. The smallest absolute Gasteiger partial charge is 0.256 e. The van der Waals surface area contributed by atoms with Crippen LogP contribution in [0, 0.1) is 17.2 Å². The quantitative estimate of drug-likeness (QED) is 0.715. The van der Waals surface area contributed by atoms with Crippen molar-refractivity contribution in [3.63, 3.8) is 0 Å². The Labute approximate surface area is 158 Å².